The Bertz CT molecular complexity index is 463. The molecule has 0 aromatic heterocycles. The number of hydrogen-bond acceptors (Lipinski definition) is 7. The molecule has 8 nitrogen and oxygen atoms in total. The minimum atomic E-state index is -0.514. The Morgan fingerprint density at radius 2 is 1.83 bits per heavy atom. The van der Waals surface area contributed by atoms with Crippen molar-refractivity contribution >= 4 is 5.84 Å². The Labute approximate surface area is 136 Å². The third-order valence-electron chi connectivity index (χ3n) is 2.60. The van der Waals surface area contributed by atoms with Gasteiger partial charge in [-0.05, 0) is 18.2 Å². The summed E-state index contributed by atoms with van der Waals surface area (Å²) in [6.07, 6.45) is -0.514. The van der Waals surface area contributed by atoms with Crippen molar-refractivity contribution in [2.75, 3.05) is 34.0 Å². The summed E-state index contributed by atoms with van der Waals surface area (Å²) in [7, 11) is 3.00. The predicted octanol–water partition coefficient (Wildman–Crippen LogP) is 1.18. The molecular formula is C15H26N2O6. The maximum absolute atomic E-state index is 8.84. The summed E-state index contributed by atoms with van der Waals surface area (Å²) >= 11 is 0. The smallest absolute Gasteiger partial charge is 0.191 e. The van der Waals surface area contributed by atoms with Crippen molar-refractivity contribution in [1.29, 1.82) is 0 Å². The Balaban J connectivity index is 0.00000232. The SMILES string of the molecule is CC.COC(COc1ccc(/C(N)=N/O)cc1OCCO)OC. The second kappa shape index (κ2) is 12.5. The van der Waals surface area contributed by atoms with Crippen LogP contribution in [0.25, 0.3) is 0 Å². The van der Waals surface area contributed by atoms with E-state index in [2.05, 4.69) is 5.16 Å². The maximum atomic E-state index is 8.84. The van der Waals surface area contributed by atoms with E-state index in [1.54, 1.807) is 18.2 Å². The van der Waals surface area contributed by atoms with Gasteiger partial charge >= 0.3 is 0 Å². The lowest BCUT2D eigenvalue weighted by molar-refractivity contribution is -0.122. The summed E-state index contributed by atoms with van der Waals surface area (Å²) in [5.41, 5.74) is 5.99. The van der Waals surface area contributed by atoms with Gasteiger partial charge in [0.2, 0.25) is 0 Å². The molecule has 0 bridgehead atoms. The second-order valence-corrected chi connectivity index (χ2v) is 3.93. The van der Waals surface area contributed by atoms with Crippen LogP contribution in [0.15, 0.2) is 23.4 Å². The fraction of sp³-hybridized carbons (Fsp3) is 0.533. The van der Waals surface area contributed by atoms with Gasteiger partial charge in [-0.2, -0.15) is 0 Å². The Hall–Kier alpha value is -2.03. The molecule has 0 saturated heterocycles. The number of rotatable bonds is 9. The number of ether oxygens (including phenoxy) is 4. The molecule has 1 aromatic rings. The Kier molecular flexibility index (Phi) is 11.4. The van der Waals surface area contributed by atoms with Crippen LogP contribution in [0, 0.1) is 0 Å². The number of nitrogens with two attached hydrogens (primary N) is 1. The van der Waals surface area contributed by atoms with Crippen molar-refractivity contribution in [2.24, 2.45) is 10.9 Å². The molecule has 0 fully saturated rings. The number of nitrogens with zero attached hydrogens (tertiary/aromatic N) is 1. The van der Waals surface area contributed by atoms with E-state index in [1.165, 1.54) is 14.2 Å². The molecule has 0 heterocycles. The molecule has 0 aliphatic heterocycles. The highest BCUT2D eigenvalue weighted by Crippen LogP contribution is 2.28. The van der Waals surface area contributed by atoms with E-state index in [4.69, 9.17) is 35.0 Å². The molecule has 0 radical (unpaired) electrons. The second-order valence-electron chi connectivity index (χ2n) is 3.93. The molecule has 0 aliphatic rings. The first kappa shape index (κ1) is 21.0. The first-order valence-corrected chi connectivity index (χ1v) is 7.20. The Morgan fingerprint density at radius 1 is 1.17 bits per heavy atom. The van der Waals surface area contributed by atoms with Gasteiger partial charge in [0.15, 0.2) is 23.6 Å². The van der Waals surface area contributed by atoms with E-state index in [0.29, 0.717) is 17.1 Å². The highest BCUT2D eigenvalue weighted by Gasteiger charge is 2.12. The van der Waals surface area contributed by atoms with E-state index in [-0.39, 0.29) is 25.7 Å². The minimum Gasteiger partial charge on any atom is -0.487 e. The average molecular weight is 330 g/mol. The highest BCUT2D eigenvalue weighted by atomic mass is 16.7. The minimum absolute atomic E-state index is 0.0536. The van der Waals surface area contributed by atoms with E-state index < -0.39 is 6.29 Å². The lowest BCUT2D eigenvalue weighted by Crippen LogP contribution is -2.22. The van der Waals surface area contributed by atoms with Gasteiger partial charge in [-0.25, -0.2) is 0 Å². The van der Waals surface area contributed by atoms with Crippen molar-refractivity contribution in [3.63, 3.8) is 0 Å². The normalized spacial score (nSPS) is 11.0. The van der Waals surface area contributed by atoms with Gasteiger partial charge in [0.25, 0.3) is 0 Å². The number of amidine groups is 1. The maximum Gasteiger partial charge on any atom is 0.191 e. The molecule has 132 valence electrons. The lowest BCUT2D eigenvalue weighted by atomic mass is 10.2. The zero-order chi connectivity index (χ0) is 17.7. The van der Waals surface area contributed by atoms with Crippen LogP contribution in [0.1, 0.15) is 19.4 Å². The fourth-order valence-electron chi connectivity index (χ4n) is 1.50. The zero-order valence-electron chi connectivity index (χ0n) is 14.0. The van der Waals surface area contributed by atoms with E-state index in [9.17, 15) is 0 Å². The van der Waals surface area contributed by atoms with E-state index in [0.717, 1.165) is 0 Å². The highest BCUT2D eigenvalue weighted by molar-refractivity contribution is 5.97. The Morgan fingerprint density at radius 3 is 2.35 bits per heavy atom. The predicted molar refractivity (Wildman–Crippen MR) is 86.2 cm³/mol. The zero-order valence-corrected chi connectivity index (χ0v) is 14.0. The molecular weight excluding hydrogens is 304 g/mol. The van der Waals surface area contributed by atoms with Crippen LogP contribution in [-0.4, -0.2) is 56.5 Å². The first-order valence-electron chi connectivity index (χ1n) is 7.20. The summed E-state index contributed by atoms with van der Waals surface area (Å²) in [5, 5.41) is 20.4. The number of aliphatic hydroxyl groups excluding tert-OH is 1. The summed E-state index contributed by atoms with van der Waals surface area (Å²) in [5.74, 6) is 0.734. The van der Waals surface area contributed by atoms with Gasteiger partial charge in [0.1, 0.15) is 13.2 Å². The van der Waals surface area contributed by atoms with Crippen LogP contribution in [0.3, 0.4) is 0 Å². The number of hydrogen-bond donors (Lipinski definition) is 3. The molecule has 0 unspecified atom stereocenters. The summed E-state index contributed by atoms with van der Waals surface area (Å²) in [6, 6.07) is 4.78. The monoisotopic (exact) mass is 330 g/mol. The van der Waals surface area contributed by atoms with Gasteiger partial charge in [0, 0.05) is 19.8 Å². The van der Waals surface area contributed by atoms with Gasteiger partial charge in [-0.3, -0.25) is 0 Å². The molecule has 1 rings (SSSR count). The van der Waals surface area contributed by atoms with Crippen LogP contribution in [0.2, 0.25) is 0 Å². The summed E-state index contributed by atoms with van der Waals surface area (Å²) < 4.78 is 21.0. The number of benzene rings is 1. The van der Waals surface area contributed by atoms with Crippen LogP contribution < -0.4 is 15.2 Å². The van der Waals surface area contributed by atoms with Crippen LogP contribution in [0.5, 0.6) is 11.5 Å². The average Bonchev–Trinajstić information content (AvgIpc) is 2.62. The van der Waals surface area contributed by atoms with Crippen molar-refractivity contribution < 1.29 is 29.3 Å². The van der Waals surface area contributed by atoms with Crippen molar-refractivity contribution in [1.82, 2.24) is 0 Å². The quantitative estimate of drug-likeness (QED) is 0.205. The van der Waals surface area contributed by atoms with E-state index >= 15 is 0 Å². The lowest BCUT2D eigenvalue weighted by Gasteiger charge is -2.17. The topological polar surface area (TPSA) is 116 Å². The molecule has 0 saturated carbocycles. The molecule has 0 amide bonds. The van der Waals surface area contributed by atoms with Crippen molar-refractivity contribution in [3.8, 4) is 11.5 Å². The molecule has 1 aromatic carbocycles. The van der Waals surface area contributed by atoms with Crippen molar-refractivity contribution in [3.05, 3.63) is 23.8 Å². The molecule has 8 heteroatoms. The van der Waals surface area contributed by atoms with Crippen LogP contribution in [0.4, 0.5) is 0 Å². The first-order chi connectivity index (χ1) is 11.2. The van der Waals surface area contributed by atoms with Gasteiger partial charge in [-0.1, -0.05) is 19.0 Å². The van der Waals surface area contributed by atoms with Gasteiger partial charge in [-0.15, -0.1) is 0 Å². The van der Waals surface area contributed by atoms with E-state index in [1.807, 2.05) is 13.8 Å². The largest absolute Gasteiger partial charge is 0.487 e. The number of methoxy groups -OCH3 is 2. The fourth-order valence-corrected chi connectivity index (χ4v) is 1.50. The van der Waals surface area contributed by atoms with Crippen LogP contribution in [-0.2, 0) is 9.47 Å². The molecule has 0 aliphatic carbocycles. The molecule has 0 atom stereocenters. The molecule has 23 heavy (non-hydrogen) atoms. The third-order valence-corrected chi connectivity index (χ3v) is 2.60. The number of oxime groups is 1. The van der Waals surface area contributed by atoms with Gasteiger partial charge in [0.05, 0.1) is 6.61 Å². The summed E-state index contributed by atoms with van der Waals surface area (Å²) in [6.45, 7) is 4.10. The summed E-state index contributed by atoms with van der Waals surface area (Å²) in [4.78, 5) is 0. The van der Waals surface area contributed by atoms with Crippen molar-refractivity contribution in [2.45, 2.75) is 20.1 Å². The van der Waals surface area contributed by atoms with Gasteiger partial charge < -0.3 is 35.0 Å². The standard InChI is InChI=1S/C13H20N2O6.C2H6/c1-18-12(19-2)8-21-10-4-3-9(13(14)15-17)7-11(10)20-6-5-16;1-2/h3-4,7,12,16-17H,5-6,8H2,1-2H3,(H2,14,15);1-2H3. The molecule has 0 spiro atoms. The third kappa shape index (κ3) is 7.18. The molecule has 4 N–H and O–H groups in total. The van der Waals surface area contributed by atoms with Crippen LogP contribution >= 0.6 is 0 Å². The number of aliphatic hydroxyl groups is 1.